The monoisotopic (exact) mass is 467 g/mol. The largest absolute Gasteiger partial charge is 0.497 e. The van der Waals surface area contributed by atoms with E-state index in [9.17, 15) is 4.79 Å². The highest BCUT2D eigenvalue weighted by molar-refractivity contribution is 7.14. The van der Waals surface area contributed by atoms with E-state index < -0.39 is 6.04 Å². The molecule has 0 aliphatic carbocycles. The highest BCUT2D eigenvalue weighted by Crippen LogP contribution is 2.39. The van der Waals surface area contributed by atoms with Crippen molar-refractivity contribution in [1.82, 2.24) is 9.88 Å². The number of ether oxygens (including phenoxy) is 3. The molecule has 1 amide bonds. The molecule has 0 spiro atoms. The third-order valence-electron chi connectivity index (χ3n) is 5.73. The second kappa shape index (κ2) is 10.7. The van der Waals surface area contributed by atoms with Crippen molar-refractivity contribution in [3.05, 3.63) is 53.9 Å². The Kier molecular flexibility index (Phi) is 7.47. The third kappa shape index (κ3) is 4.96. The van der Waals surface area contributed by atoms with Crippen molar-refractivity contribution in [3.63, 3.8) is 0 Å². The summed E-state index contributed by atoms with van der Waals surface area (Å²) in [6, 6.07) is 15.2. The third-order valence-corrected chi connectivity index (χ3v) is 6.57. The van der Waals surface area contributed by atoms with Crippen LogP contribution in [-0.2, 0) is 9.53 Å². The van der Waals surface area contributed by atoms with E-state index in [0.717, 1.165) is 27.8 Å². The van der Waals surface area contributed by atoms with Gasteiger partial charge in [-0.1, -0.05) is 19.1 Å². The Morgan fingerprint density at radius 1 is 1.12 bits per heavy atom. The molecule has 0 radical (unpaired) electrons. The van der Waals surface area contributed by atoms with E-state index in [2.05, 4.69) is 0 Å². The smallest absolute Gasteiger partial charge is 0.245 e. The maximum atomic E-state index is 13.6. The van der Waals surface area contributed by atoms with Crippen molar-refractivity contribution in [2.24, 2.45) is 0 Å². The van der Waals surface area contributed by atoms with E-state index in [-0.39, 0.29) is 5.91 Å². The number of nitrogens with zero attached hydrogens (tertiary/aromatic N) is 3. The average molecular weight is 468 g/mol. The number of thiazole rings is 1. The summed E-state index contributed by atoms with van der Waals surface area (Å²) in [5.41, 5.74) is 2.67. The van der Waals surface area contributed by atoms with Gasteiger partial charge >= 0.3 is 0 Å². The Labute approximate surface area is 198 Å². The SMILES string of the molecule is CC[C@H](C(=O)N1CCOCC1)N(c1nc(-c2ccc(OC)cc2)cs1)c1ccccc1OC. The number of hydrogen-bond donors (Lipinski definition) is 0. The molecule has 174 valence electrons. The number of carbonyl (C=O) groups excluding carboxylic acids is 1. The van der Waals surface area contributed by atoms with Gasteiger partial charge in [-0.2, -0.15) is 0 Å². The van der Waals surface area contributed by atoms with Gasteiger partial charge < -0.3 is 24.0 Å². The first-order valence-electron chi connectivity index (χ1n) is 11.0. The molecule has 1 atom stereocenters. The van der Waals surface area contributed by atoms with Crippen molar-refractivity contribution in [2.75, 3.05) is 45.4 Å². The molecule has 0 N–H and O–H groups in total. The fourth-order valence-corrected chi connectivity index (χ4v) is 4.86. The van der Waals surface area contributed by atoms with Crippen LogP contribution in [0, 0.1) is 0 Å². The Morgan fingerprint density at radius 3 is 2.52 bits per heavy atom. The first-order chi connectivity index (χ1) is 16.2. The van der Waals surface area contributed by atoms with Gasteiger partial charge in [-0.3, -0.25) is 4.79 Å². The molecule has 4 rings (SSSR count). The molecule has 2 aromatic carbocycles. The second-order valence-electron chi connectivity index (χ2n) is 7.65. The molecule has 0 saturated carbocycles. The zero-order chi connectivity index (χ0) is 23.2. The molecular weight excluding hydrogens is 438 g/mol. The van der Waals surface area contributed by atoms with E-state index in [0.29, 0.717) is 38.5 Å². The van der Waals surface area contributed by atoms with E-state index in [1.807, 2.05) is 70.6 Å². The van der Waals surface area contributed by atoms with Gasteiger partial charge in [0.1, 0.15) is 17.5 Å². The number of hydrogen-bond acceptors (Lipinski definition) is 7. The van der Waals surface area contributed by atoms with Crippen LogP contribution in [0.25, 0.3) is 11.3 Å². The van der Waals surface area contributed by atoms with Gasteiger partial charge in [-0.25, -0.2) is 4.98 Å². The highest BCUT2D eigenvalue weighted by Gasteiger charge is 2.33. The summed E-state index contributed by atoms with van der Waals surface area (Å²) in [4.78, 5) is 22.5. The Hall–Kier alpha value is -3.10. The number of benzene rings is 2. The van der Waals surface area contributed by atoms with E-state index >= 15 is 0 Å². The lowest BCUT2D eigenvalue weighted by Gasteiger charge is -2.36. The van der Waals surface area contributed by atoms with E-state index in [1.165, 1.54) is 11.3 Å². The summed E-state index contributed by atoms with van der Waals surface area (Å²) >= 11 is 1.52. The van der Waals surface area contributed by atoms with Crippen LogP contribution in [0.3, 0.4) is 0 Å². The molecule has 0 unspecified atom stereocenters. The molecule has 1 aliphatic heterocycles. The number of rotatable bonds is 8. The van der Waals surface area contributed by atoms with Gasteiger partial charge in [0.2, 0.25) is 5.91 Å². The van der Waals surface area contributed by atoms with Crippen molar-refractivity contribution >= 4 is 28.1 Å². The van der Waals surface area contributed by atoms with Gasteiger partial charge in [0.25, 0.3) is 0 Å². The Morgan fingerprint density at radius 2 is 1.85 bits per heavy atom. The van der Waals surface area contributed by atoms with Gasteiger partial charge in [0.15, 0.2) is 5.13 Å². The number of para-hydroxylation sites is 2. The fraction of sp³-hybridized carbons (Fsp3) is 0.360. The zero-order valence-corrected chi connectivity index (χ0v) is 20.0. The number of anilines is 2. The number of amides is 1. The zero-order valence-electron chi connectivity index (χ0n) is 19.2. The van der Waals surface area contributed by atoms with Crippen LogP contribution in [0.1, 0.15) is 13.3 Å². The molecule has 33 heavy (non-hydrogen) atoms. The molecule has 2 heterocycles. The van der Waals surface area contributed by atoms with E-state index in [1.54, 1.807) is 14.2 Å². The predicted molar refractivity (Wildman–Crippen MR) is 131 cm³/mol. The highest BCUT2D eigenvalue weighted by atomic mass is 32.1. The molecule has 0 bridgehead atoms. The van der Waals surface area contributed by atoms with Gasteiger partial charge in [0, 0.05) is 24.0 Å². The second-order valence-corrected chi connectivity index (χ2v) is 8.48. The summed E-state index contributed by atoms with van der Waals surface area (Å²) in [6.07, 6.45) is 0.631. The average Bonchev–Trinajstić information content (AvgIpc) is 3.37. The lowest BCUT2D eigenvalue weighted by molar-refractivity contribution is -0.136. The van der Waals surface area contributed by atoms with Crippen LogP contribution in [0.4, 0.5) is 10.8 Å². The lowest BCUT2D eigenvalue weighted by Crippen LogP contribution is -2.50. The molecule has 1 aliphatic rings. The molecule has 1 fully saturated rings. The summed E-state index contributed by atoms with van der Waals surface area (Å²) < 4.78 is 16.4. The topological polar surface area (TPSA) is 64.1 Å². The van der Waals surface area contributed by atoms with Crippen molar-refractivity contribution < 1.29 is 19.0 Å². The molecule has 7 nitrogen and oxygen atoms in total. The molecule has 8 heteroatoms. The molecule has 1 saturated heterocycles. The van der Waals surface area contributed by atoms with Crippen LogP contribution < -0.4 is 14.4 Å². The Balaban J connectivity index is 1.74. The van der Waals surface area contributed by atoms with E-state index in [4.69, 9.17) is 19.2 Å². The first-order valence-corrected chi connectivity index (χ1v) is 11.9. The number of methoxy groups -OCH3 is 2. The van der Waals surface area contributed by atoms with Crippen LogP contribution in [0.2, 0.25) is 0 Å². The van der Waals surface area contributed by atoms with Crippen LogP contribution in [0.5, 0.6) is 11.5 Å². The van der Waals surface area contributed by atoms with Crippen LogP contribution in [0.15, 0.2) is 53.9 Å². The summed E-state index contributed by atoms with van der Waals surface area (Å²) in [5.74, 6) is 1.58. The minimum absolute atomic E-state index is 0.0768. The fourth-order valence-electron chi connectivity index (χ4n) is 3.96. The number of aromatic nitrogens is 1. The van der Waals surface area contributed by atoms with Crippen LogP contribution >= 0.6 is 11.3 Å². The van der Waals surface area contributed by atoms with Crippen molar-refractivity contribution in [1.29, 1.82) is 0 Å². The van der Waals surface area contributed by atoms with Gasteiger partial charge in [-0.05, 0) is 42.8 Å². The maximum Gasteiger partial charge on any atom is 0.245 e. The minimum Gasteiger partial charge on any atom is -0.497 e. The first kappa shape index (κ1) is 23.1. The molecular formula is C25H29N3O4S. The standard InChI is InChI=1S/C25H29N3O4S/c1-4-21(24(29)27-13-15-32-16-14-27)28(22-7-5-6-8-23(22)31-3)25-26-20(17-33-25)18-9-11-19(30-2)12-10-18/h5-12,17,21H,4,13-16H2,1-3H3/t21-/m1/s1. The van der Waals surface area contributed by atoms with Crippen molar-refractivity contribution in [3.8, 4) is 22.8 Å². The summed E-state index contributed by atoms with van der Waals surface area (Å²) in [6.45, 7) is 4.36. The molecule has 1 aromatic heterocycles. The maximum absolute atomic E-state index is 13.6. The van der Waals surface area contributed by atoms with Gasteiger partial charge in [-0.15, -0.1) is 11.3 Å². The van der Waals surface area contributed by atoms with Crippen LogP contribution in [-0.4, -0.2) is 62.4 Å². The lowest BCUT2D eigenvalue weighted by atomic mass is 10.1. The Bertz CT molecular complexity index is 1060. The quantitative estimate of drug-likeness (QED) is 0.482. The van der Waals surface area contributed by atoms with Gasteiger partial charge in [0.05, 0.1) is 38.8 Å². The number of carbonyl (C=O) groups is 1. The summed E-state index contributed by atoms with van der Waals surface area (Å²) in [7, 11) is 3.30. The molecule has 3 aromatic rings. The minimum atomic E-state index is -0.408. The normalized spacial score (nSPS) is 14.6. The summed E-state index contributed by atoms with van der Waals surface area (Å²) in [5, 5.41) is 2.77. The van der Waals surface area contributed by atoms with Crippen molar-refractivity contribution in [2.45, 2.75) is 19.4 Å². The number of morpholine rings is 1. The predicted octanol–water partition coefficient (Wildman–Crippen LogP) is 4.60.